The first-order valence-corrected chi connectivity index (χ1v) is 8.96. The molecule has 2 heterocycles. The van der Waals surface area contributed by atoms with Crippen molar-refractivity contribution in [1.29, 1.82) is 0 Å². The summed E-state index contributed by atoms with van der Waals surface area (Å²) in [6, 6.07) is 0. The molecule has 2 rings (SSSR count). The van der Waals surface area contributed by atoms with E-state index in [9.17, 15) is 14.4 Å². The van der Waals surface area contributed by atoms with Crippen LogP contribution < -0.4 is 0 Å². The lowest BCUT2D eigenvalue weighted by Crippen LogP contribution is -2.42. The van der Waals surface area contributed by atoms with Crippen LogP contribution in [0.25, 0.3) is 0 Å². The minimum absolute atomic E-state index is 0.0626. The summed E-state index contributed by atoms with van der Waals surface area (Å²) < 4.78 is 10.1. The van der Waals surface area contributed by atoms with E-state index in [2.05, 4.69) is 0 Å². The molecule has 2 saturated heterocycles. The summed E-state index contributed by atoms with van der Waals surface area (Å²) in [6.07, 6.45) is 2.05. The maximum atomic E-state index is 12.0. The minimum atomic E-state index is -0.264. The summed E-state index contributed by atoms with van der Waals surface area (Å²) in [6.45, 7) is 3.00. The van der Waals surface area contributed by atoms with Crippen molar-refractivity contribution in [3.63, 3.8) is 0 Å². The van der Waals surface area contributed by atoms with Crippen molar-refractivity contribution in [3.05, 3.63) is 0 Å². The van der Waals surface area contributed by atoms with Gasteiger partial charge in [0.15, 0.2) is 6.61 Å². The summed E-state index contributed by atoms with van der Waals surface area (Å²) in [5.41, 5.74) is 0. The fourth-order valence-corrected chi connectivity index (χ4v) is 3.89. The molecule has 0 saturated carbocycles. The van der Waals surface area contributed by atoms with Crippen LogP contribution >= 0.6 is 11.8 Å². The van der Waals surface area contributed by atoms with E-state index in [4.69, 9.17) is 9.47 Å². The van der Waals surface area contributed by atoms with Crippen molar-refractivity contribution in [2.24, 2.45) is 11.8 Å². The molecule has 0 aromatic heterocycles. The number of thioether (sulfide) groups is 1. The largest absolute Gasteiger partial charge is 0.466 e. The van der Waals surface area contributed by atoms with E-state index < -0.39 is 0 Å². The van der Waals surface area contributed by atoms with Crippen LogP contribution in [0.15, 0.2) is 0 Å². The van der Waals surface area contributed by atoms with Gasteiger partial charge in [0.25, 0.3) is 5.91 Å². The summed E-state index contributed by atoms with van der Waals surface area (Å²) in [5, 5.41) is 0. The van der Waals surface area contributed by atoms with Crippen LogP contribution in [-0.4, -0.2) is 60.6 Å². The maximum Gasteiger partial charge on any atom is 0.310 e. The van der Waals surface area contributed by atoms with Gasteiger partial charge in [0, 0.05) is 18.8 Å². The molecular weight excluding hydrogens is 306 g/mol. The third kappa shape index (κ3) is 4.63. The molecule has 22 heavy (non-hydrogen) atoms. The Kier molecular flexibility index (Phi) is 6.54. The Morgan fingerprint density at radius 1 is 1.05 bits per heavy atom. The molecule has 0 N–H and O–H groups in total. The number of carbonyl (C=O) groups is 3. The number of hydrogen-bond acceptors (Lipinski definition) is 6. The third-order valence-electron chi connectivity index (χ3n) is 4.07. The number of ether oxygens (including phenoxy) is 2. The Bertz CT molecular complexity index is 414. The highest BCUT2D eigenvalue weighted by atomic mass is 32.2. The molecule has 2 aliphatic rings. The fourth-order valence-electron chi connectivity index (χ4n) is 2.69. The monoisotopic (exact) mass is 329 g/mol. The molecule has 1 unspecified atom stereocenters. The zero-order valence-electron chi connectivity index (χ0n) is 12.9. The topological polar surface area (TPSA) is 72.9 Å². The second-order valence-electron chi connectivity index (χ2n) is 5.58. The summed E-state index contributed by atoms with van der Waals surface area (Å²) in [4.78, 5) is 37.1. The van der Waals surface area contributed by atoms with Gasteiger partial charge in [-0.05, 0) is 31.9 Å². The fraction of sp³-hybridized carbons (Fsp3) is 0.800. The zero-order valence-corrected chi connectivity index (χ0v) is 13.7. The second-order valence-corrected chi connectivity index (χ2v) is 6.73. The van der Waals surface area contributed by atoms with Crippen LogP contribution in [0, 0.1) is 11.8 Å². The molecule has 0 bridgehead atoms. The third-order valence-corrected chi connectivity index (χ3v) is 5.23. The number of likely N-dealkylation sites (tertiary alicyclic amines) is 1. The lowest BCUT2D eigenvalue weighted by atomic mass is 9.97. The van der Waals surface area contributed by atoms with E-state index in [0.29, 0.717) is 32.5 Å². The van der Waals surface area contributed by atoms with Crippen LogP contribution in [0.3, 0.4) is 0 Å². The van der Waals surface area contributed by atoms with Gasteiger partial charge in [0.1, 0.15) is 0 Å². The average molecular weight is 329 g/mol. The Morgan fingerprint density at radius 2 is 1.73 bits per heavy atom. The smallest absolute Gasteiger partial charge is 0.310 e. The van der Waals surface area contributed by atoms with Crippen LogP contribution in [0.2, 0.25) is 0 Å². The second kappa shape index (κ2) is 8.41. The standard InChI is InChI=1S/C15H23NO5S/c1-2-20-14(18)11-3-6-16(7-4-11)13(17)9-21-15(19)12-5-8-22-10-12/h11-12H,2-10H2,1H3. The first-order valence-electron chi connectivity index (χ1n) is 7.80. The number of amides is 1. The van der Waals surface area contributed by atoms with Gasteiger partial charge in [-0.2, -0.15) is 11.8 Å². The number of piperidine rings is 1. The first kappa shape index (κ1) is 17.1. The Hall–Kier alpha value is -1.24. The molecule has 124 valence electrons. The predicted octanol–water partition coefficient (Wildman–Crippen LogP) is 1.08. The van der Waals surface area contributed by atoms with E-state index >= 15 is 0 Å². The molecule has 0 aromatic carbocycles. The van der Waals surface area contributed by atoms with E-state index in [1.165, 1.54) is 0 Å². The number of nitrogens with zero attached hydrogens (tertiary/aromatic N) is 1. The molecule has 1 amide bonds. The van der Waals surface area contributed by atoms with Gasteiger partial charge >= 0.3 is 11.9 Å². The van der Waals surface area contributed by atoms with Gasteiger partial charge in [-0.3, -0.25) is 14.4 Å². The van der Waals surface area contributed by atoms with Crippen molar-refractivity contribution in [2.75, 3.05) is 37.8 Å². The normalized spacial score (nSPS) is 22.4. The van der Waals surface area contributed by atoms with Crippen LogP contribution in [0.1, 0.15) is 26.2 Å². The summed E-state index contributed by atoms with van der Waals surface area (Å²) in [7, 11) is 0. The van der Waals surface area contributed by atoms with Gasteiger partial charge < -0.3 is 14.4 Å². The minimum Gasteiger partial charge on any atom is -0.466 e. The Balaban J connectivity index is 1.68. The SMILES string of the molecule is CCOC(=O)C1CCN(C(=O)COC(=O)C2CCSC2)CC1. The maximum absolute atomic E-state index is 12.0. The lowest BCUT2D eigenvalue weighted by molar-refractivity contribution is -0.156. The van der Waals surface area contributed by atoms with Gasteiger partial charge in [0.2, 0.25) is 0 Å². The zero-order chi connectivity index (χ0) is 15.9. The highest BCUT2D eigenvalue weighted by Crippen LogP contribution is 2.24. The number of esters is 2. The molecular formula is C15H23NO5S. The van der Waals surface area contributed by atoms with Gasteiger partial charge in [-0.25, -0.2) is 0 Å². The quantitative estimate of drug-likeness (QED) is 0.703. The van der Waals surface area contributed by atoms with Crippen molar-refractivity contribution >= 4 is 29.6 Å². The predicted molar refractivity (Wildman–Crippen MR) is 82.3 cm³/mol. The highest BCUT2D eigenvalue weighted by molar-refractivity contribution is 7.99. The number of hydrogen-bond donors (Lipinski definition) is 0. The number of carbonyl (C=O) groups excluding carboxylic acids is 3. The highest BCUT2D eigenvalue weighted by Gasteiger charge is 2.29. The van der Waals surface area contributed by atoms with Crippen molar-refractivity contribution in [3.8, 4) is 0 Å². The molecule has 2 fully saturated rings. The summed E-state index contributed by atoms with van der Waals surface area (Å²) >= 11 is 1.74. The van der Waals surface area contributed by atoms with Gasteiger partial charge in [-0.15, -0.1) is 0 Å². The van der Waals surface area contributed by atoms with Crippen molar-refractivity contribution in [2.45, 2.75) is 26.2 Å². The summed E-state index contributed by atoms with van der Waals surface area (Å²) in [5.74, 6) is 0.961. The molecule has 2 aliphatic heterocycles. The van der Waals surface area contributed by atoms with E-state index in [1.807, 2.05) is 0 Å². The van der Waals surface area contributed by atoms with Crippen molar-refractivity contribution in [1.82, 2.24) is 4.90 Å². The first-order chi connectivity index (χ1) is 10.6. The van der Waals surface area contributed by atoms with Crippen molar-refractivity contribution < 1.29 is 23.9 Å². The molecule has 7 heteroatoms. The molecule has 1 atom stereocenters. The molecule has 6 nitrogen and oxygen atoms in total. The van der Waals surface area contributed by atoms with E-state index in [1.54, 1.807) is 23.6 Å². The molecule has 0 radical (unpaired) electrons. The van der Waals surface area contributed by atoms with Crippen LogP contribution in [0.4, 0.5) is 0 Å². The Labute approximate surface area is 134 Å². The van der Waals surface area contributed by atoms with E-state index in [-0.39, 0.29) is 36.3 Å². The van der Waals surface area contributed by atoms with Crippen LogP contribution in [0.5, 0.6) is 0 Å². The molecule has 0 aliphatic carbocycles. The lowest BCUT2D eigenvalue weighted by Gasteiger charge is -2.30. The van der Waals surface area contributed by atoms with Gasteiger partial charge in [-0.1, -0.05) is 0 Å². The average Bonchev–Trinajstić information content (AvgIpc) is 3.07. The van der Waals surface area contributed by atoms with E-state index in [0.717, 1.165) is 17.9 Å². The van der Waals surface area contributed by atoms with Crippen LogP contribution in [-0.2, 0) is 23.9 Å². The Morgan fingerprint density at radius 3 is 2.32 bits per heavy atom. The van der Waals surface area contributed by atoms with Gasteiger partial charge in [0.05, 0.1) is 18.4 Å². The molecule has 0 spiro atoms. The molecule has 0 aromatic rings. The number of rotatable bonds is 5.